The first-order valence-corrected chi connectivity index (χ1v) is 6.98. The van der Waals surface area contributed by atoms with Gasteiger partial charge in [0, 0.05) is 5.69 Å². The third kappa shape index (κ3) is 2.70. The van der Waals surface area contributed by atoms with Crippen LogP contribution in [0.2, 0.25) is 10.0 Å². The lowest BCUT2D eigenvalue weighted by Crippen LogP contribution is -2.05. The van der Waals surface area contributed by atoms with Gasteiger partial charge in [0.25, 0.3) is 5.95 Å². The maximum Gasteiger partial charge on any atom is 0.252 e. The van der Waals surface area contributed by atoms with Crippen LogP contribution < -0.4 is 5.32 Å². The quantitative estimate of drug-likeness (QED) is 0.792. The Hall–Kier alpha value is -2.11. The van der Waals surface area contributed by atoms with Gasteiger partial charge < -0.3 is 5.32 Å². The Morgan fingerprint density at radius 1 is 1.05 bits per heavy atom. The number of aromatic nitrogens is 4. The second kappa shape index (κ2) is 5.71. The highest BCUT2D eigenvalue weighted by molar-refractivity contribution is 6.43. The van der Waals surface area contributed by atoms with E-state index in [2.05, 4.69) is 20.8 Å². The Labute approximate surface area is 131 Å². The summed E-state index contributed by atoms with van der Waals surface area (Å²) in [6.07, 6.45) is 0. The van der Waals surface area contributed by atoms with Crippen molar-refractivity contribution in [3.05, 3.63) is 58.1 Å². The third-order valence-corrected chi connectivity index (χ3v) is 3.83. The van der Waals surface area contributed by atoms with Gasteiger partial charge in [-0.25, -0.2) is 0 Å². The molecule has 0 fully saturated rings. The van der Waals surface area contributed by atoms with Crippen molar-refractivity contribution in [1.82, 2.24) is 20.2 Å². The molecule has 1 aromatic heterocycles. The van der Waals surface area contributed by atoms with Crippen LogP contribution >= 0.6 is 23.2 Å². The highest BCUT2D eigenvalue weighted by Gasteiger charge is 2.13. The highest BCUT2D eigenvalue weighted by atomic mass is 35.5. The van der Waals surface area contributed by atoms with Crippen LogP contribution in [0.25, 0.3) is 5.69 Å². The fourth-order valence-corrected chi connectivity index (χ4v) is 2.29. The van der Waals surface area contributed by atoms with E-state index in [0.717, 1.165) is 11.3 Å². The molecule has 1 heterocycles. The summed E-state index contributed by atoms with van der Waals surface area (Å²) in [6.45, 7) is 2.00. The monoisotopic (exact) mass is 319 g/mol. The molecule has 0 radical (unpaired) electrons. The Kier molecular flexibility index (Phi) is 3.77. The van der Waals surface area contributed by atoms with Crippen LogP contribution in [0.3, 0.4) is 0 Å². The van der Waals surface area contributed by atoms with Gasteiger partial charge in [0.1, 0.15) is 0 Å². The Morgan fingerprint density at radius 2 is 1.86 bits per heavy atom. The number of anilines is 2. The lowest BCUT2D eigenvalue weighted by Gasteiger charge is -2.10. The molecule has 0 bridgehead atoms. The summed E-state index contributed by atoms with van der Waals surface area (Å²) in [6, 6.07) is 13.2. The second-order valence-corrected chi connectivity index (χ2v) is 5.21. The van der Waals surface area contributed by atoms with Crippen LogP contribution in [0, 0.1) is 6.92 Å². The van der Waals surface area contributed by atoms with E-state index in [1.165, 1.54) is 4.68 Å². The number of hydrogen-bond acceptors (Lipinski definition) is 4. The molecule has 2 aromatic carbocycles. The summed E-state index contributed by atoms with van der Waals surface area (Å²) >= 11 is 12.2. The average molecular weight is 320 g/mol. The van der Waals surface area contributed by atoms with Gasteiger partial charge >= 0.3 is 0 Å². The van der Waals surface area contributed by atoms with Crippen molar-refractivity contribution in [3.8, 4) is 5.69 Å². The van der Waals surface area contributed by atoms with E-state index < -0.39 is 0 Å². The van der Waals surface area contributed by atoms with Gasteiger partial charge in [-0.15, -0.1) is 0 Å². The molecule has 0 aliphatic heterocycles. The smallest absolute Gasteiger partial charge is 0.252 e. The molecule has 3 rings (SSSR count). The SMILES string of the molecule is Cc1ccccc1Nc1nnnn1-c1cccc(Cl)c1Cl. The van der Waals surface area contributed by atoms with Crippen molar-refractivity contribution >= 4 is 34.8 Å². The van der Waals surface area contributed by atoms with E-state index in [0.29, 0.717) is 21.7 Å². The number of nitrogens with zero attached hydrogens (tertiary/aromatic N) is 4. The van der Waals surface area contributed by atoms with Gasteiger partial charge in [-0.1, -0.05) is 52.6 Å². The summed E-state index contributed by atoms with van der Waals surface area (Å²) in [4.78, 5) is 0. The number of rotatable bonds is 3. The second-order valence-electron chi connectivity index (χ2n) is 4.43. The molecule has 0 unspecified atom stereocenters. The summed E-state index contributed by atoms with van der Waals surface area (Å²) in [5.41, 5.74) is 2.63. The van der Waals surface area contributed by atoms with Crippen LogP contribution in [0.4, 0.5) is 11.6 Å². The standard InChI is InChI=1S/C14H11Cl2N5/c1-9-5-2-3-7-11(9)17-14-18-19-20-21(14)12-8-4-6-10(15)13(12)16/h2-8H,1H3,(H,17,18,20). The molecule has 0 amide bonds. The summed E-state index contributed by atoms with van der Waals surface area (Å²) in [5, 5.41) is 15.7. The van der Waals surface area contributed by atoms with Gasteiger partial charge in [0.2, 0.25) is 0 Å². The number of benzene rings is 2. The Balaban J connectivity index is 2.02. The molecule has 0 atom stereocenters. The van der Waals surface area contributed by atoms with Crippen molar-refractivity contribution in [2.45, 2.75) is 6.92 Å². The molecule has 0 saturated heterocycles. The van der Waals surface area contributed by atoms with Crippen LogP contribution in [0.15, 0.2) is 42.5 Å². The lowest BCUT2D eigenvalue weighted by atomic mass is 10.2. The molecule has 0 spiro atoms. The first-order chi connectivity index (χ1) is 10.2. The minimum Gasteiger partial charge on any atom is -0.322 e. The maximum absolute atomic E-state index is 6.21. The minimum atomic E-state index is 0.402. The van der Waals surface area contributed by atoms with Crippen molar-refractivity contribution in [1.29, 1.82) is 0 Å². The van der Waals surface area contributed by atoms with E-state index in [1.807, 2.05) is 31.2 Å². The zero-order valence-corrected chi connectivity index (χ0v) is 12.6. The predicted molar refractivity (Wildman–Crippen MR) is 83.6 cm³/mol. The average Bonchev–Trinajstić information content (AvgIpc) is 2.92. The summed E-state index contributed by atoms with van der Waals surface area (Å²) < 4.78 is 1.51. The first kappa shape index (κ1) is 13.9. The molecular weight excluding hydrogens is 309 g/mol. The van der Waals surface area contributed by atoms with Crippen LogP contribution in [0.1, 0.15) is 5.56 Å². The van der Waals surface area contributed by atoms with E-state index >= 15 is 0 Å². The molecule has 0 aliphatic rings. The lowest BCUT2D eigenvalue weighted by molar-refractivity contribution is 0.791. The minimum absolute atomic E-state index is 0.402. The van der Waals surface area contributed by atoms with Crippen molar-refractivity contribution in [3.63, 3.8) is 0 Å². The third-order valence-electron chi connectivity index (χ3n) is 3.02. The van der Waals surface area contributed by atoms with Gasteiger partial charge in [-0.3, -0.25) is 0 Å². The number of nitrogens with one attached hydrogen (secondary N) is 1. The van der Waals surface area contributed by atoms with Crippen molar-refractivity contribution in [2.24, 2.45) is 0 Å². The topological polar surface area (TPSA) is 55.6 Å². The number of hydrogen-bond donors (Lipinski definition) is 1. The van der Waals surface area contributed by atoms with E-state index in [9.17, 15) is 0 Å². The molecule has 0 aliphatic carbocycles. The number of para-hydroxylation sites is 1. The molecule has 21 heavy (non-hydrogen) atoms. The molecule has 5 nitrogen and oxygen atoms in total. The van der Waals surface area contributed by atoms with Gasteiger partial charge in [0.15, 0.2) is 0 Å². The van der Waals surface area contributed by atoms with Crippen molar-refractivity contribution in [2.75, 3.05) is 5.32 Å². The number of aryl methyl sites for hydroxylation is 1. The Morgan fingerprint density at radius 3 is 2.67 bits per heavy atom. The summed E-state index contributed by atoms with van der Waals surface area (Å²) in [7, 11) is 0. The maximum atomic E-state index is 6.21. The zero-order valence-electron chi connectivity index (χ0n) is 11.1. The van der Waals surface area contributed by atoms with E-state index in [4.69, 9.17) is 23.2 Å². The van der Waals surface area contributed by atoms with E-state index in [1.54, 1.807) is 18.2 Å². The molecule has 1 N–H and O–H groups in total. The fraction of sp³-hybridized carbons (Fsp3) is 0.0714. The van der Waals surface area contributed by atoms with Crippen LogP contribution in [-0.4, -0.2) is 20.2 Å². The van der Waals surface area contributed by atoms with E-state index in [-0.39, 0.29) is 0 Å². The van der Waals surface area contributed by atoms with Gasteiger partial charge in [-0.05, 0) is 41.1 Å². The summed E-state index contributed by atoms with van der Waals surface area (Å²) in [5.74, 6) is 0.466. The molecule has 106 valence electrons. The first-order valence-electron chi connectivity index (χ1n) is 6.22. The Bertz CT molecular complexity index is 785. The molecular formula is C14H11Cl2N5. The number of halogens is 2. The molecule has 7 heteroatoms. The zero-order chi connectivity index (χ0) is 14.8. The number of tetrazole rings is 1. The van der Waals surface area contributed by atoms with Gasteiger partial charge in [-0.2, -0.15) is 4.68 Å². The van der Waals surface area contributed by atoms with Crippen molar-refractivity contribution < 1.29 is 0 Å². The van der Waals surface area contributed by atoms with Crippen LogP contribution in [-0.2, 0) is 0 Å². The normalized spacial score (nSPS) is 10.6. The van der Waals surface area contributed by atoms with Crippen LogP contribution in [0.5, 0.6) is 0 Å². The predicted octanol–water partition coefficient (Wildman–Crippen LogP) is 4.02. The fourth-order valence-electron chi connectivity index (χ4n) is 1.92. The van der Waals surface area contributed by atoms with Gasteiger partial charge in [0.05, 0.1) is 15.7 Å². The molecule has 0 saturated carbocycles. The molecule has 3 aromatic rings. The highest BCUT2D eigenvalue weighted by Crippen LogP contribution is 2.29. The largest absolute Gasteiger partial charge is 0.322 e.